The van der Waals surface area contributed by atoms with Gasteiger partial charge >= 0.3 is 0 Å². The average Bonchev–Trinajstić information content (AvgIpc) is 3.65. The minimum Gasteiger partial charge on any atom is -0.494 e. The topological polar surface area (TPSA) is 117 Å². The summed E-state index contributed by atoms with van der Waals surface area (Å²) in [4.78, 5) is 44.4. The van der Waals surface area contributed by atoms with Gasteiger partial charge < -0.3 is 30.1 Å². The smallest absolute Gasteiger partial charge is 0.250 e. The number of carbonyl (C=O) groups is 3. The van der Waals surface area contributed by atoms with E-state index in [9.17, 15) is 19.5 Å². The second-order valence-corrected chi connectivity index (χ2v) is 12.5. The fraction of sp³-hybridized carbons (Fsp3) is 0.472. The Kier molecular flexibility index (Phi) is 8.84. The van der Waals surface area contributed by atoms with Crippen LogP contribution in [0.4, 0.5) is 11.4 Å². The summed E-state index contributed by atoms with van der Waals surface area (Å²) in [5.41, 5.74) is -0.663. The zero-order valence-corrected chi connectivity index (χ0v) is 26.1. The number of unbranched alkanes of at least 4 members (excludes halogenated alkanes) is 3. The number of amides is 3. The summed E-state index contributed by atoms with van der Waals surface area (Å²) < 4.78 is 12.4. The van der Waals surface area contributed by atoms with Gasteiger partial charge in [-0.3, -0.25) is 14.4 Å². The third kappa shape index (κ3) is 5.57. The van der Waals surface area contributed by atoms with E-state index in [2.05, 4.69) is 10.6 Å². The molecule has 45 heavy (non-hydrogen) atoms. The van der Waals surface area contributed by atoms with Gasteiger partial charge in [0.1, 0.15) is 17.4 Å². The Morgan fingerprint density at radius 1 is 0.911 bits per heavy atom. The molecule has 0 aliphatic carbocycles. The molecule has 0 aromatic heterocycles. The molecule has 3 aliphatic rings. The Labute approximate surface area is 264 Å². The standard InChI is InChI=1S/C36H43N3O6/c1-3-35-19-20-36(45-35)30(29(35)32(41)37-26-15-17-28(18-16-26)44-4-2)34(43)39(21-9-5-6-10-22-40)31(36)33(42)38-27-14-13-24-11-7-8-12-25(24)23-27/h7-8,11-18,23,29-31,40H,3-6,9-10,19-22H2,1-2H3,(H,37,41)(H,38,42)/t29-,30+,31?,35+,36?/m1/s1. The molecule has 0 saturated carbocycles. The number of benzene rings is 3. The van der Waals surface area contributed by atoms with E-state index >= 15 is 0 Å². The first-order valence-corrected chi connectivity index (χ1v) is 16.3. The van der Waals surface area contributed by atoms with E-state index in [0.29, 0.717) is 62.4 Å². The molecule has 3 aliphatic heterocycles. The fourth-order valence-electron chi connectivity index (χ4n) is 7.90. The molecule has 9 nitrogen and oxygen atoms in total. The van der Waals surface area contributed by atoms with Gasteiger partial charge in [-0.2, -0.15) is 0 Å². The van der Waals surface area contributed by atoms with Gasteiger partial charge in [0.2, 0.25) is 17.7 Å². The summed E-state index contributed by atoms with van der Waals surface area (Å²) in [7, 11) is 0. The SMILES string of the molecule is CCOc1ccc(NC(=O)[C@H]2[C@H]3C(=O)N(CCCCCCO)C(C(=O)Nc4ccc5ccccc5c4)C34CC[C@]2(CC)O4)cc1. The number of hydrogen-bond donors (Lipinski definition) is 3. The van der Waals surface area contributed by atoms with Crippen LogP contribution in [0.3, 0.4) is 0 Å². The van der Waals surface area contributed by atoms with E-state index in [1.54, 1.807) is 29.2 Å². The number of nitrogens with zero attached hydrogens (tertiary/aromatic N) is 1. The number of aliphatic hydroxyl groups is 1. The molecule has 1 spiro atoms. The van der Waals surface area contributed by atoms with Crippen molar-refractivity contribution in [2.45, 2.75) is 76.0 Å². The lowest BCUT2D eigenvalue weighted by molar-refractivity contribution is -0.144. The molecule has 3 aromatic rings. The van der Waals surface area contributed by atoms with Gasteiger partial charge in [0.15, 0.2) is 0 Å². The number of carbonyl (C=O) groups excluding carboxylic acids is 3. The molecule has 9 heteroatoms. The van der Waals surface area contributed by atoms with E-state index in [-0.39, 0.29) is 24.3 Å². The van der Waals surface area contributed by atoms with Crippen LogP contribution in [0.15, 0.2) is 66.7 Å². The first kappa shape index (κ1) is 31.0. The Morgan fingerprint density at radius 3 is 2.36 bits per heavy atom. The summed E-state index contributed by atoms with van der Waals surface area (Å²) in [5.74, 6) is -1.54. The van der Waals surface area contributed by atoms with Crippen LogP contribution in [0.2, 0.25) is 0 Å². The molecule has 3 fully saturated rings. The number of ether oxygens (including phenoxy) is 2. The Balaban J connectivity index is 1.30. The molecule has 2 bridgehead atoms. The highest BCUT2D eigenvalue weighted by molar-refractivity contribution is 6.06. The van der Waals surface area contributed by atoms with E-state index in [0.717, 1.165) is 23.6 Å². The first-order chi connectivity index (χ1) is 21.9. The highest BCUT2D eigenvalue weighted by Crippen LogP contribution is 2.64. The second kappa shape index (κ2) is 12.8. The third-order valence-corrected chi connectivity index (χ3v) is 9.97. The lowest BCUT2D eigenvalue weighted by atomic mass is 9.65. The monoisotopic (exact) mass is 613 g/mol. The summed E-state index contributed by atoms with van der Waals surface area (Å²) in [6, 6.07) is 20.1. The van der Waals surface area contributed by atoms with E-state index in [4.69, 9.17) is 9.47 Å². The lowest BCUT2D eigenvalue weighted by Gasteiger charge is -2.34. The number of likely N-dealkylation sites (tertiary alicyclic amines) is 1. The molecule has 3 aromatic carbocycles. The van der Waals surface area contributed by atoms with Crippen LogP contribution in [0.5, 0.6) is 5.75 Å². The van der Waals surface area contributed by atoms with Crippen molar-refractivity contribution >= 4 is 39.9 Å². The molecule has 3 N–H and O–H groups in total. The molecular formula is C36H43N3O6. The van der Waals surface area contributed by atoms with Gasteiger partial charge in [-0.25, -0.2) is 0 Å². The van der Waals surface area contributed by atoms with Crippen molar-refractivity contribution in [1.29, 1.82) is 0 Å². The highest BCUT2D eigenvalue weighted by Gasteiger charge is 2.78. The number of nitrogens with one attached hydrogen (secondary N) is 2. The highest BCUT2D eigenvalue weighted by atomic mass is 16.5. The maximum Gasteiger partial charge on any atom is 0.250 e. The zero-order chi connectivity index (χ0) is 31.6. The van der Waals surface area contributed by atoms with Crippen molar-refractivity contribution < 1.29 is 29.0 Å². The molecule has 3 amide bonds. The summed E-state index contributed by atoms with van der Waals surface area (Å²) >= 11 is 0. The van der Waals surface area contributed by atoms with Gasteiger partial charge in [0.25, 0.3) is 0 Å². The van der Waals surface area contributed by atoms with Crippen LogP contribution in [0, 0.1) is 11.8 Å². The van der Waals surface area contributed by atoms with Crippen molar-refractivity contribution in [3.63, 3.8) is 0 Å². The van der Waals surface area contributed by atoms with Gasteiger partial charge in [-0.05, 0) is 86.2 Å². The summed E-state index contributed by atoms with van der Waals surface area (Å²) in [6.07, 6.45) is 4.73. The van der Waals surface area contributed by atoms with E-state index in [1.807, 2.05) is 56.3 Å². The maximum atomic E-state index is 14.4. The molecule has 2 unspecified atom stereocenters. The Bertz CT molecular complexity index is 1560. The number of anilines is 2. The predicted molar refractivity (Wildman–Crippen MR) is 173 cm³/mol. The van der Waals surface area contributed by atoms with Crippen LogP contribution >= 0.6 is 0 Å². The minimum absolute atomic E-state index is 0.128. The quantitative estimate of drug-likeness (QED) is 0.219. The second-order valence-electron chi connectivity index (χ2n) is 12.5. The molecule has 5 atom stereocenters. The molecule has 6 rings (SSSR count). The zero-order valence-electron chi connectivity index (χ0n) is 26.1. The maximum absolute atomic E-state index is 14.4. The number of aliphatic hydroxyl groups excluding tert-OH is 1. The largest absolute Gasteiger partial charge is 0.494 e. The van der Waals surface area contributed by atoms with Crippen LogP contribution in [-0.4, -0.2) is 64.7 Å². The van der Waals surface area contributed by atoms with Gasteiger partial charge in [0.05, 0.1) is 24.0 Å². The van der Waals surface area contributed by atoms with Crippen molar-refractivity contribution in [3.05, 3.63) is 66.7 Å². The van der Waals surface area contributed by atoms with Crippen molar-refractivity contribution in [2.75, 3.05) is 30.4 Å². The van der Waals surface area contributed by atoms with Gasteiger partial charge in [-0.15, -0.1) is 0 Å². The first-order valence-electron chi connectivity index (χ1n) is 16.3. The number of hydrogen-bond acceptors (Lipinski definition) is 6. The molecule has 3 heterocycles. The third-order valence-electron chi connectivity index (χ3n) is 9.97. The van der Waals surface area contributed by atoms with Crippen LogP contribution in [0.25, 0.3) is 10.8 Å². The molecule has 3 saturated heterocycles. The molecular weight excluding hydrogens is 570 g/mol. The molecule has 238 valence electrons. The van der Waals surface area contributed by atoms with Gasteiger partial charge in [-0.1, -0.05) is 50.1 Å². The fourth-order valence-corrected chi connectivity index (χ4v) is 7.90. The van der Waals surface area contributed by atoms with E-state index < -0.39 is 29.1 Å². The van der Waals surface area contributed by atoms with Crippen LogP contribution in [-0.2, 0) is 19.1 Å². The predicted octanol–water partition coefficient (Wildman–Crippen LogP) is 5.52. The van der Waals surface area contributed by atoms with Gasteiger partial charge in [0, 0.05) is 24.5 Å². The number of rotatable bonds is 13. The summed E-state index contributed by atoms with van der Waals surface area (Å²) in [6.45, 7) is 4.96. The number of fused-ring (bicyclic) bond motifs is 2. The van der Waals surface area contributed by atoms with Crippen LogP contribution < -0.4 is 15.4 Å². The average molecular weight is 614 g/mol. The molecule has 0 radical (unpaired) electrons. The van der Waals surface area contributed by atoms with Crippen molar-refractivity contribution in [1.82, 2.24) is 4.90 Å². The minimum atomic E-state index is -1.10. The van der Waals surface area contributed by atoms with E-state index in [1.165, 1.54) is 0 Å². The van der Waals surface area contributed by atoms with Crippen LogP contribution in [0.1, 0.15) is 58.8 Å². The Hall–Kier alpha value is -3.95. The Morgan fingerprint density at radius 2 is 1.62 bits per heavy atom. The lowest BCUT2D eigenvalue weighted by Crippen LogP contribution is -2.53. The van der Waals surface area contributed by atoms with Crippen molar-refractivity contribution in [3.8, 4) is 5.75 Å². The normalized spacial score (nSPS) is 26.7. The summed E-state index contributed by atoms with van der Waals surface area (Å²) in [5, 5.41) is 17.4. The van der Waals surface area contributed by atoms with Crippen molar-refractivity contribution in [2.24, 2.45) is 11.8 Å².